The van der Waals surface area contributed by atoms with Crippen molar-refractivity contribution in [2.24, 2.45) is 0 Å². The van der Waals surface area contributed by atoms with Crippen LogP contribution in [0.25, 0.3) is 0 Å². The summed E-state index contributed by atoms with van der Waals surface area (Å²) in [5.74, 6) is -2.35. The van der Waals surface area contributed by atoms with Crippen molar-refractivity contribution in [2.45, 2.75) is 24.8 Å². The normalized spacial score (nSPS) is 19.9. The van der Waals surface area contributed by atoms with Gasteiger partial charge in [0.25, 0.3) is 5.92 Å². The Balaban J connectivity index is 1.83. The fraction of sp³-hybridized carbons (Fsp3) is 0.357. The van der Waals surface area contributed by atoms with Crippen molar-refractivity contribution in [3.63, 3.8) is 0 Å². The summed E-state index contributed by atoms with van der Waals surface area (Å²) < 4.78 is 33.1. The molecule has 0 saturated heterocycles. The molecular weight excluding hydrogens is 264 g/mol. The molecule has 6 heteroatoms. The number of nitrogens with two attached hydrogens (primary N) is 1. The number of benzene rings is 1. The van der Waals surface area contributed by atoms with E-state index in [2.05, 4.69) is 5.10 Å². The monoisotopic (exact) mass is 279 g/mol. The van der Waals surface area contributed by atoms with Crippen LogP contribution >= 0.6 is 0 Å². The van der Waals surface area contributed by atoms with Crippen LogP contribution in [-0.4, -0.2) is 22.8 Å². The molecule has 106 valence electrons. The molecule has 0 bridgehead atoms. The van der Waals surface area contributed by atoms with E-state index in [1.165, 1.54) is 6.07 Å². The van der Waals surface area contributed by atoms with E-state index in [1.54, 1.807) is 11.8 Å². The highest BCUT2D eigenvalue weighted by Crippen LogP contribution is 2.55. The lowest BCUT2D eigenvalue weighted by molar-refractivity contribution is 0.111. The molecule has 1 aromatic carbocycles. The van der Waals surface area contributed by atoms with E-state index < -0.39 is 11.8 Å². The summed E-state index contributed by atoms with van der Waals surface area (Å²) >= 11 is 0. The number of aromatic nitrogens is 2. The average molecular weight is 279 g/mol. The van der Waals surface area contributed by atoms with E-state index in [0.29, 0.717) is 12.2 Å². The van der Waals surface area contributed by atoms with Gasteiger partial charge < -0.3 is 10.5 Å². The Morgan fingerprint density at radius 3 is 2.60 bits per heavy atom. The Labute approximate surface area is 115 Å². The van der Waals surface area contributed by atoms with Gasteiger partial charge in [-0.05, 0) is 17.7 Å². The van der Waals surface area contributed by atoms with Gasteiger partial charge in [0.05, 0.1) is 25.3 Å². The van der Waals surface area contributed by atoms with Gasteiger partial charge in [-0.25, -0.2) is 8.78 Å². The number of alkyl halides is 2. The second kappa shape index (κ2) is 4.47. The maximum atomic E-state index is 13.2. The van der Waals surface area contributed by atoms with Gasteiger partial charge in [-0.3, -0.25) is 4.68 Å². The number of halogens is 2. The molecule has 20 heavy (non-hydrogen) atoms. The Kier molecular flexibility index (Phi) is 2.88. The summed E-state index contributed by atoms with van der Waals surface area (Å²) in [6.45, 7) is 0.420. The molecule has 1 aliphatic rings. The zero-order valence-corrected chi connectivity index (χ0v) is 11.0. The van der Waals surface area contributed by atoms with Crippen molar-refractivity contribution in [1.82, 2.24) is 9.78 Å². The van der Waals surface area contributed by atoms with E-state index in [-0.39, 0.29) is 12.2 Å². The van der Waals surface area contributed by atoms with Crippen molar-refractivity contribution in [3.05, 3.63) is 41.6 Å². The van der Waals surface area contributed by atoms with Gasteiger partial charge in [0.1, 0.15) is 11.6 Å². The van der Waals surface area contributed by atoms with Crippen molar-refractivity contribution in [2.75, 3.05) is 12.8 Å². The summed E-state index contributed by atoms with van der Waals surface area (Å²) in [5, 5.41) is 4.11. The van der Waals surface area contributed by atoms with Crippen LogP contribution in [0.3, 0.4) is 0 Å². The highest BCUT2D eigenvalue weighted by atomic mass is 19.3. The van der Waals surface area contributed by atoms with Gasteiger partial charge in [-0.15, -0.1) is 0 Å². The molecule has 0 spiro atoms. The smallest absolute Gasteiger partial charge is 0.257 e. The first-order valence-corrected chi connectivity index (χ1v) is 6.33. The van der Waals surface area contributed by atoms with E-state index >= 15 is 0 Å². The summed E-state index contributed by atoms with van der Waals surface area (Å²) in [7, 11) is 1.59. The largest absolute Gasteiger partial charge is 0.497 e. The third kappa shape index (κ3) is 2.33. The van der Waals surface area contributed by atoms with Crippen molar-refractivity contribution >= 4 is 5.82 Å². The Morgan fingerprint density at radius 2 is 2.05 bits per heavy atom. The number of rotatable bonds is 4. The summed E-state index contributed by atoms with van der Waals surface area (Å²) in [5.41, 5.74) is 7.10. The molecule has 1 heterocycles. The summed E-state index contributed by atoms with van der Waals surface area (Å²) in [6.07, 6.45) is -0.124. The lowest BCUT2D eigenvalue weighted by Gasteiger charge is -2.08. The van der Waals surface area contributed by atoms with Crippen LogP contribution in [0.4, 0.5) is 14.6 Å². The summed E-state index contributed by atoms with van der Waals surface area (Å²) in [4.78, 5) is 0. The first-order valence-electron chi connectivity index (χ1n) is 6.33. The van der Waals surface area contributed by atoms with E-state index in [0.717, 1.165) is 11.3 Å². The molecule has 0 aliphatic heterocycles. The van der Waals surface area contributed by atoms with Gasteiger partial charge in [-0.2, -0.15) is 5.10 Å². The Bertz CT molecular complexity index is 622. The number of hydrogen-bond acceptors (Lipinski definition) is 3. The van der Waals surface area contributed by atoms with E-state index in [1.807, 2.05) is 24.3 Å². The number of anilines is 1. The van der Waals surface area contributed by atoms with Gasteiger partial charge >= 0.3 is 0 Å². The maximum absolute atomic E-state index is 13.2. The molecule has 3 rings (SSSR count). The highest BCUT2D eigenvalue weighted by molar-refractivity contribution is 5.36. The standard InChI is InChI=1S/C14H15F2N3O/c1-20-10-4-2-9(3-5-10)8-19-12(6-13(17)18-19)11-7-14(11,15)16/h2-6,11H,7-8H2,1H3,(H2,17,18). The molecule has 1 aromatic heterocycles. The lowest BCUT2D eigenvalue weighted by Crippen LogP contribution is -2.08. The van der Waals surface area contributed by atoms with Crippen LogP contribution in [0.15, 0.2) is 30.3 Å². The van der Waals surface area contributed by atoms with Gasteiger partial charge in [0.15, 0.2) is 0 Å². The van der Waals surface area contributed by atoms with Crippen LogP contribution in [0.2, 0.25) is 0 Å². The molecule has 1 saturated carbocycles. The highest BCUT2D eigenvalue weighted by Gasteiger charge is 2.59. The van der Waals surface area contributed by atoms with E-state index in [4.69, 9.17) is 10.5 Å². The topological polar surface area (TPSA) is 53.1 Å². The number of nitrogens with zero attached hydrogens (tertiary/aromatic N) is 2. The Morgan fingerprint density at radius 1 is 1.40 bits per heavy atom. The van der Waals surface area contributed by atoms with Crippen LogP contribution in [0.1, 0.15) is 23.6 Å². The maximum Gasteiger partial charge on any atom is 0.257 e. The molecular formula is C14H15F2N3O. The Hall–Kier alpha value is -2.11. The van der Waals surface area contributed by atoms with Crippen LogP contribution in [0, 0.1) is 0 Å². The summed E-state index contributed by atoms with van der Waals surface area (Å²) in [6, 6.07) is 8.95. The van der Waals surface area contributed by atoms with Gasteiger partial charge in [0, 0.05) is 12.5 Å². The number of nitrogen functional groups attached to an aromatic ring is 1. The minimum Gasteiger partial charge on any atom is -0.497 e. The van der Waals surface area contributed by atoms with Crippen molar-refractivity contribution in [1.29, 1.82) is 0 Å². The number of hydrogen-bond donors (Lipinski definition) is 1. The predicted molar refractivity (Wildman–Crippen MR) is 71.0 cm³/mol. The molecule has 2 aromatic rings. The lowest BCUT2D eigenvalue weighted by atomic mass is 10.2. The van der Waals surface area contributed by atoms with Crippen LogP contribution < -0.4 is 10.5 Å². The third-order valence-corrected chi connectivity index (χ3v) is 3.50. The second-order valence-corrected chi connectivity index (χ2v) is 5.02. The minimum atomic E-state index is -2.62. The number of methoxy groups -OCH3 is 1. The molecule has 1 atom stereocenters. The van der Waals surface area contributed by atoms with Gasteiger partial charge in [0.2, 0.25) is 0 Å². The first kappa shape index (κ1) is 12.9. The molecule has 2 N–H and O–H groups in total. The van der Waals surface area contributed by atoms with Crippen molar-refractivity contribution < 1.29 is 13.5 Å². The first-order chi connectivity index (χ1) is 9.49. The average Bonchev–Trinajstić information content (AvgIpc) is 2.88. The zero-order valence-electron chi connectivity index (χ0n) is 11.0. The fourth-order valence-corrected chi connectivity index (χ4v) is 2.30. The molecule has 4 nitrogen and oxygen atoms in total. The zero-order chi connectivity index (χ0) is 14.3. The third-order valence-electron chi connectivity index (χ3n) is 3.50. The van der Waals surface area contributed by atoms with Crippen LogP contribution in [-0.2, 0) is 6.54 Å². The molecule has 1 aliphatic carbocycles. The van der Waals surface area contributed by atoms with Gasteiger partial charge in [-0.1, -0.05) is 12.1 Å². The molecule has 1 unspecified atom stereocenters. The minimum absolute atomic E-state index is 0.124. The molecule has 0 radical (unpaired) electrons. The SMILES string of the molecule is COc1ccc(Cn2nc(N)cc2C2CC2(F)F)cc1. The molecule has 0 amide bonds. The fourth-order valence-electron chi connectivity index (χ4n) is 2.30. The van der Waals surface area contributed by atoms with E-state index in [9.17, 15) is 8.78 Å². The quantitative estimate of drug-likeness (QED) is 0.936. The molecule has 1 fully saturated rings. The number of ether oxygens (including phenoxy) is 1. The van der Waals surface area contributed by atoms with Crippen molar-refractivity contribution in [3.8, 4) is 5.75 Å². The predicted octanol–water partition coefficient (Wildman–Crippen LogP) is 2.64. The second-order valence-electron chi connectivity index (χ2n) is 5.02. The van der Waals surface area contributed by atoms with Crippen LogP contribution in [0.5, 0.6) is 5.75 Å².